The average Bonchev–Trinajstić information content (AvgIpc) is 3.02. The van der Waals surface area contributed by atoms with Crippen molar-refractivity contribution in [3.63, 3.8) is 0 Å². The molecule has 1 amide bonds. The molecule has 0 radical (unpaired) electrons. The Morgan fingerprint density at radius 3 is 2.86 bits per heavy atom. The molecule has 22 heavy (non-hydrogen) atoms. The monoisotopic (exact) mass is 313 g/mol. The van der Waals surface area contributed by atoms with Gasteiger partial charge in [0.15, 0.2) is 11.5 Å². The Morgan fingerprint density at radius 2 is 2.14 bits per heavy atom. The van der Waals surface area contributed by atoms with Gasteiger partial charge in [0.25, 0.3) is 5.91 Å². The van der Waals surface area contributed by atoms with Crippen LogP contribution in [0.5, 0.6) is 0 Å². The van der Waals surface area contributed by atoms with Gasteiger partial charge in [-0.2, -0.15) is 0 Å². The summed E-state index contributed by atoms with van der Waals surface area (Å²) in [6.07, 6.45) is 3.30. The first-order valence-corrected chi connectivity index (χ1v) is 6.96. The lowest BCUT2D eigenvalue weighted by Gasteiger charge is -2.04. The number of benzene rings is 1. The van der Waals surface area contributed by atoms with Gasteiger partial charge in [0, 0.05) is 34.7 Å². The normalized spacial score (nSPS) is 10.5. The zero-order valence-corrected chi connectivity index (χ0v) is 12.5. The van der Waals surface area contributed by atoms with Gasteiger partial charge >= 0.3 is 0 Å². The first kappa shape index (κ1) is 14.3. The van der Waals surface area contributed by atoms with Gasteiger partial charge in [-0.05, 0) is 36.8 Å². The fraction of sp³-hybridized carbons (Fsp3) is 0.0625. The van der Waals surface area contributed by atoms with E-state index in [2.05, 4.69) is 15.5 Å². The molecule has 3 aromatic rings. The number of aryl methyl sites for hydroxylation is 1. The van der Waals surface area contributed by atoms with E-state index < -0.39 is 0 Å². The molecule has 3 rings (SSSR count). The van der Waals surface area contributed by atoms with E-state index in [1.54, 1.807) is 36.7 Å². The highest BCUT2D eigenvalue weighted by molar-refractivity contribution is 6.31. The van der Waals surface area contributed by atoms with Crippen molar-refractivity contribution in [2.45, 2.75) is 6.92 Å². The molecule has 1 N–H and O–H groups in total. The van der Waals surface area contributed by atoms with Gasteiger partial charge in [0.2, 0.25) is 0 Å². The number of aromatic nitrogens is 2. The summed E-state index contributed by atoms with van der Waals surface area (Å²) in [6, 6.07) is 10.5. The Kier molecular flexibility index (Phi) is 3.89. The molecule has 5 nitrogen and oxygen atoms in total. The Bertz CT molecular complexity index is 815. The van der Waals surface area contributed by atoms with Crippen molar-refractivity contribution >= 4 is 23.2 Å². The van der Waals surface area contributed by atoms with Crippen molar-refractivity contribution in [2.75, 3.05) is 5.32 Å². The fourth-order valence-electron chi connectivity index (χ4n) is 1.89. The highest BCUT2D eigenvalue weighted by atomic mass is 35.5. The Labute approximate surface area is 131 Å². The van der Waals surface area contributed by atoms with Crippen LogP contribution >= 0.6 is 11.6 Å². The van der Waals surface area contributed by atoms with Crippen molar-refractivity contribution in [1.82, 2.24) is 10.1 Å². The van der Waals surface area contributed by atoms with E-state index >= 15 is 0 Å². The quantitative estimate of drug-likeness (QED) is 0.795. The van der Waals surface area contributed by atoms with Gasteiger partial charge in [-0.1, -0.05) is 22.8 Å². The number of carbonyl (C=O) groups excluding carboxylic acids is 1. The third kappa shape index (κ3) is 2.99. The largest absolute Gasteiger partial charge is 0.355 e. The van der Waals surface area contributed by atoms with Crippen LogP contribution in [0.2, 0.25) is 5.02 Å². The number of hydrogen-bond donors (Lipinski definition) is 1. The van der Waals surface area contributed by atoms with Crippen molar-refractivity contribution in [1.29, 1.82) is 0 Å². The fourth-order valence-corrected chi connectivity index (χ4v) is 2.07. The smallest absolute Gasteiger partial charge is 0.277 e. The van der Waals surface area contributed by atoms with Gasteiger partial charge in [-0.3, -0.25) is 9.78 Å². The number of amides is 1. The summed E-state index contributed by atoms with van der Waals surface area (Å²) < 4.78 is 5.18. The number of nitrogens with zero attached hydrogens (tertiary/aromatic N) is 2. The summed E-state index contributed by atoms with van der Waals surface area (Å²) in [7, 11) is 0. The predicted octanol–water partition coefficient (Wildman–Crippen LogP) is 3.95. The molecule has 0 unspecified atom stereocenters. The highest BCUT2D eigenvalue weighted by Gasteiger charge is 2.14. The highest BCUT2D eigenvalue weighted by Crippen LogP contribution is 2.22. The number of anilines is 1. The Hall–Kier alpha value is -2.66. The maximum atomic E-state index is 12.2. The van der Waals surface area contributed by atoms with Gasteiger partial charge < -0.3 is 9.84 Å². The number of carbonyl (C=O) groups is 1. The molecule has 0 bridgehead atoms. The van der Waals surface area contributed by atoms with E-state index in [9.17, 15) is 4.79 Å². The molecule has 0 atom stereocenters. The molecule has 6 heteroatoms. The van der Waals surface area contributed by atoms with Gasteiger partial charge in [-0.25, -0.2) is 0 Å². The van der Waals surface area contributed by atoms with Crippen LogP contribution in [0.3, 0.4) is 0 Å². The van der Waals surface area contributed by atoms with Gasteiger partial charge in [0.1, 0.15) is 0 Å². The van der Waals surface area contributed by atoms with Crippen LogP contribution in [0, 0.1) is 6.92 Å². The molecular formula is C16H12ClN3O2. The number of halogens is 1. The van der Waals surface area contributed by atoms with E-state index in [4.69, 9.17) is 16.1 Å². The SMILES string of the molecule is Cc1ccc(NC(=O)c2cc(-c3cccnc3)on2)cc1Cl. The summed E-state index contributed by atoms with van der Waals surface area (Å²) in [6.45, 7) is 1.89. The van der Waals surface area contributed by atoms with Crippen LogP contribution < -0.4 is 5.32 Å². The van der Waals surface area contributed by atoms with E-state index in [0.29, 0.717) is 16.5 Å². The summed E-state index contributed by atoms with van der Waals surface area (Å²) >= 11 is 6.04. The molecule has 2 aromatic heterocycles. The number of pyridine rings is 1. The first-order valence-electron chi connectivity index (χ1n) is 6.58. The Balaban J connectivity index is 1.78. The predicted molar refractivity (Wildman–Crippen MR) is 83.9 cm³/mol. The van der Waals surface area contributed by atoms with E-state index in [1.165, 1.54) is 0 Å². The zero-order chi connectivity index (χ0) is 15.5. The lowest BCUT2D eigenvalue weighted by molar-refractivity contribution is 0.101. The summed E-state index contributed by atoms with van der Waals surface area (Å²) in [5, 5.41) is 7.10. The van der Waals surface area contributed by atoms with Crippen LogP contribution in [0.4, 0.5) is 5.69 Å². The van der Waals surface area contributed by atoms with Crippen LogP contribution in [-0.2, 0) is 0 Å². The number of rotatable bonds is 3. The van der Waals surface area contributed by atoms with Crippen LogP contribution in [-0.4, -0.2) is 16.0 Å². The Morgan fingerprint density at radius 1 is 1.27 bits per heavy atom. The van der Waals surface area contributed by atoms with E-state index in [-0.39, 0.29) is 11.6 Å². The summed E-state index contributed by atoms with van der Waals surface area (Å²) in [4.78, 5) is 16.2. The molecule has 2 heterocycles. The maximum Gasteiger partial charge on any atom is 0.277 e. The summed E-state index contributed by atoms with van der Waals surface area (Å²) in [5.74, 6) is 0.124. The molecule has 0 aliphatic carbocycles. The second kappa shape index (κ2) is 5.99. The van der Waals surface area contributed by atoms with Crippen molar-refractivity contribution < 1.29 is 9.32 Å². The third-order valence-electron chi connectivity index (χ3n) is 3.12. The molecule has 0 aliphatic heterocycles. The topological polar surface area (TPSA) is 68.0 Å². The molecule has 110 valence electrons. The average molecular weight is 314 g/mol. The molecular weight excluding hydrogens is 302 g/mol. The first-order chi connectivity index (χ1) is 10.6. The lowest BCUT2D eigenvalue weighted by Crippen LogP contribution is -2.12. The van der Waals surface area contributed by atoms with Gasteiger partial charge in [0.05, 0.1) is 0 Å². The van der Waals surface area contributed by atoms with Crippen molar-refractivity contribution in [2.24, 2.45) is 0 Å². The van der Waals surface area contributed by atoms with Crippen LogP contribution in [0.15, 0.2) is 53.3 Å². The number of hydrogen-bond acceptors (Lipinski definition) is 4. The lowest BCUT2D eigenvalue weighted by atomic mass is 10.2. The van der Waals surface area contributed by atoms with E-state index in [1.807, 2.05) is 19.1 Å². The minimum Gasteiger partial charge on any atom is -0.355 e. The number of nitrogens with one attached hydrogen (secondary N) is 1. The molecule has 0 saturated carbocycles. The second-order valence-electron chi connectivity index (χ2n) is 4.74. The standard InChI is InChI=1S/C16H12ClN3O2/c1-10-4-5-12(7-13(10)17)19-16(21)14-8-15(22-20-14)11-3-2-6-18-9-11/h2-9H,1H3,(H,19,21). The van der Waals surface area contributed by atoms with Crippen molar-refractivity contribution in [3.05, 3.63) is 65.1 Å². The minimum absolute atomic E-state index is 0.190. The van der Waals surface area contributed by atoms with Crippen LogP contribution in [0.25, 0.3) is 11.3 Å². The molecule has 0 spiro atoms. The van der Waals surface area contributed by atoms with Crippen molar-refractivity contribution in [3.8, 4) is 11.3 Å². The molecule has 0 aliphatic rings. The molecule has 0 saturated heterocycles. The maximum absolute atomic E-state index is 12.2. The zero-order valence-electron chi connectivity index (χ0n) is 11.7. The van der Waals surface area contributed by atoms with Gasteiger partial charge in [-0.15, -0.1) is 0 Å². The van der Waals surface area contributed by atoms with Crippen LogP contribution in [0.1, 0.15) is 16.1 Å². The summed E-state index contributed by atoms with van der Waals surface area (Å²) in [5.41, 5.74) is 2.49. The second-order valence-corrected chi connectivity index (χ2v) is 5.14. The third-order valence-corrected chi connectivity index (χ3v) is 3.53. The minimum atomic E-state index is -0.362. The van der Waals surface area contributed by atoms with E-state index in [0.717, 1.165) is 11.1 Å². The molecule has 1 aromatic carbocycles. The molecule has 0 fully saturated rings.